The molecule has 0 aliphatic rings. The van der Waals surface area contributed by atoms with Gasteiger partial charge in [0, 0.05) is 0 Å². The fourth-order valence-electron chi connectivity index (χ4n) is 1.68. The van der Waals surface area contributed by atoms with Crippen LogP contribution in [0, 0.1) is 0 Å². The molecule has 0 aliphatic heterocycles. The second-order valence-electron chi connectivity index (χ2n) is 4.43. The van der Waals surface area contributed by atoms with Crippen LogP contribution in [0.5, 0.6) is 0 Å². The molecule has 0 saturated heterocycles. The van der Waals surface area contributed by atoms with Crippen LogP contribution in [0.1, 0.15) is 24.8 Å². The zero-order chi connectivity index (χ0) is 14.8. The molecule has 1 amide bonds. The summed E-state index contributed by atoms with van der Waals surface area (Å²) in [7, 11) is 0. The molecule has 0 fully saturated rings. The first-order valence-electron chi connectivity index (χ1n) is 6.61. The summed E-state index contributed by atoms with van der Waals surface area (Å²) in [4.78, 5) is 22.4. The highest BCUT2D eigenvalue weighted by molar-refractivity contribution is 5.78. The first-order chi connectivity index (χ1) is 9.63. The molecule has 1 atom stereocenters. The fourth-order valence-corrected chi connectivity index (χ4v) is 1.68. The van der Waals surface area contributed by atoms with Crippen LogP contribution < -0.4 is 16.2 Å². The van der Waals surface area contributed by atoms with Crippen LogP contribution in [0.25, 0.3) is 0 Å². The van der Waals surface area contributed by atoms with Gasteiger partial charge in [-0.1, -0.05) is 30.3 Å². The number of alkyl carbamates (subject to hydrolysis) is 1. The van der Waals surface area contributed by atoms with Gasteiger partial charge in [-0.25, -0.2) is 4.79 Å². The first kappa shape index (κ1) is 16.0. The number of carboxylic acid groups (broad SMARTS) is 1. The highest BCUT2D eigenvalue weighted by Gasteiger charge is 2.14. The third-order valence-corrected chi connectivity index (χ3v) is 2.78. The number of amides is 1. The number of benzene rings is 1. The van der Waals surface area contributed by atoms with E-state index in [1.807, 2.05) is 30.3 Å². The van der Waals surface area contributed by atoms with Crippen molar-refractivity contribution in [2.75, 3.05) is 6.54 Å². The fraction of sp³-hybridized carbons (Fsp3) is 0.429. The maximum Gasteiger partial charge on any atom is 0.407 e. The summed E-state index contributed by atoms with van der Waals surface area (Å²) in [6.45, 7) is 0.837. The lowest BCUT2D eigenvalue weighted by atomic mass is 10.1. The minimum Gasteiger partial charge on any atom is -0.548 e. The van der Waals surface area contributed by atoms with Gasteiger partial charge in [0.25, 0.3) is 0 Å². The van der Waals surface area contributed by atoms with Crippen molar-refractivity contribution in [2.45, 2.75) is 31.9 Å². The number of unbranched alkanes of at least 4 members (excludes halogenated alkanes) is 1. The quantitative estimate of drug-likeness (QED) is 0.623. The lowest BCUT2D eigenvalue weighted by molar-refractivity contribution is -0.368. The Kier molecular flexibility index (Phi) is 7.13. The Hall–Kier alpha value is -2.08. The van der Waals surface area contributed by atoms with Crippen molar-refractivity contribution < 1.29 is 25.2 Å². The Bertz CT molecular complexity index is 422. The summed E-state index contributed by atoms with van der Waals surface area (Å²) in [5.41, 5.74) is 4.51. The molecule has 1 aromatic carbocycles. The monoisotopic (exact) mass is 280 g/mol. The van der Waals surface area contributed by atoms with E-state index in [-0.39, 0.29) is 6.61 Å². The van der Waals surface area contributed by atoms with Gasteiger partial charge in [0.1, 0.15) is 6.61 Å². The van der Waals surface area contributed by atoms with Crippen LogP contribution in [-0.4, -0.2) is 24.6 Å². The average molecular weight is 280 g/mol. The Morgan fingerprint density at radius 3 is 2.55 bits per heavy atom. The number of hydrogen-bond acceptors (Lipinski definition) is 4. The van der Waals surface area contributed by atoms with Crippen molar-refractivity contribution in [1.82, 2.24) is 5.32 Å². The average Bonchev–Trinajstić information content (AvgIpc) is 2.45. The van der Waals surface area contributed by atoms with E-state index in [1.165, 1.54) is 0 Å². The number of hydrogen-bond donors (Lipinski definition) is 2. The van der Waals surface area contributed by atoms with Crippen molar-refractivity contribution >= 4 is 12.1 Å². The molecule has 1 rings (SSSR count). The molecule has 6 heteroatoms. The minimum absolute atomic E-state index is 0.103. The predicted octanol–water partition coefficient (Wildman–Crippen LogP) is -0.556. The number of rotatable bonds is 8. The zero-order valence-corrected chi connectivity index (χ0v) is 11.3. The minimum atomic E-state index is -1.30. The molecule has 0 bridgehead atoms. The van der Waals surface area contributed by atoms with Gasteiger partial charge in [-0.15, -0.1) is 0 Å². The number of aliphatic carboxylic acids is 1. The van der Waals surface area contributed by atoms with E-state index >= 15 is 0 Å². The number of quaternary nitrogens is 1. The predicted molar refractivity (Wildman–Crippen MR) is 70.2 cm³/mol. The van der Waals surface area contributed by atoms with E-state index in [1.54, 1.807) is 0 Å². The number of carboxylic acids is 1. The van der Waals surface area contributed by atoms with Crippen LogP contribution in [0.4, 0.5) is 4.79 Å². The Balaban J connectivity index is 2.36. The number of carbonyl (C=O) groups is 2. The van der Waals surface area contributed by atoms with Crippen molar-refractivity contribution in [3.8, 4) is 0 Å². The summed E-state index contributed by atoms with van der Waals surface area (Å²) < 4.78 is 4.96. The topological polar surface area (TPSA) is 106 Å². The molecule has 20 heavy (non-hydrogen) atoms. The molecule has 0 unspecified atom stereocenters. The van der Waals surface area contributed by atoms with Crippen LogP contribution in [0.15, 0.2) is 30.3 Å². The molecule has 110 valence electrons. The Labute approximate surface area is 117 Å². The van der Waals surface area contributed by atoms with Crippen molar-refractivity contribution in [3.05, 3.63) is 35.9 Å². The number of carbonyl (C=O) groups excluding carboxylic acids is 2. The Morgan fingerprint density at radius 1 is 1.25 bits per heavy atom. The molecule has 0 aromatic heterocycles. The standard InChI is InChI=1S/C14H20N2O4/c15-9-5-4-8-12(13(17)18)16-14(19)20-10-11-6-2-1-3-7-11/h1-3,6-7,12H,4-5,8-10,15H2,(H,16,19)(H,17,18)/t12-/m0/s1. The van der Waals surface area contributed by atoms with Gasteiger partial charge in [0.15, 0.2) is 0 Å². The molecule has 4 N–H and O–H groups in total. The molecule has 0 heterocycles. The zero-order valence-electron chi connectivity index (χ0n) is 11.3. The van der Waals surface area contributed by atoms with E-state index in [9.17, 15) is 14.7 Å². The molecule has 0 spiro atoms. The summed E-state index contributed by atoms with van der Waals surface area (Å²) in [6, 6.07) is 8.14. The van der Waals surface area contributed by atoms with Crippen molar-refractivity contribution in [1.29, 1.82) is 0 Å². The van der Waals surface area contributed by atoms with E-state index in [2.05, 4.69) is 11.1 Å². The van der Waals surface area contributed by atoms with Crippen molar-refractivity contribution in [3.63, 3.8) is 0 Å². The lowest BCUT2D eigenvalue weighted by Gasteiger charge is -2.19. The second-order valence-corrected chi connectivity index (χ2v) is 4.43. The summed E-state index contributed by atoms with van der Waals surface area (Å²) in [6.07, 6.45) is 1.04. The van der Waals surface area contributed by atoms with E-state index in [0.717, 1.165) is 18.5 Å². The largest absolute Gasteiger partial charge is 0.548 e. The maximum absolute atomic E-state index is 11.5. The van der Waals surface area contributed by atoms with Gasteiger partial charge < -0.3 is 25.7 Å². The van der Waals surface area contributed by atoms with Gasteiger partial charge in [-0.3, -0.25) is 0 Å². The molecular weight excluding hydrogens is 260 g/mol. The maximum atomic E-state index is 11.5. The highest BCUT2D eigenvalue weighted by atomic mass is 16.5. The Morgan fingerprint density at radius 2 is 1.95 bits per heavy atom. The van der Waals surface area contributed by atoms with Crippen LogP contribution in [0.2, 0.25) is 0 Å². The molecule has 0 radical (unpaired) electrons. The van der Waals surface area contributed by atoms with Gasteiger partial charge in [-0.05, 0) is 24.8 Å². The smallest absolute Gasteiger partial charge is 0.407 e. The molecule has 1 aromatic rings. The summed E-state index contributed by atoms with van der Waals surface area (Å²) in [5.74, 6) is -1.30. The van der Waals surface area contributed by atoms with Crippen LogP contribution in [0.3, 0.4) is 0 Å². The second kappa shape index (κ2) is 8.92. The van der Waals surface area contributed by atoms with Crippen molar-refractivity contribution in [2.24, 2.45) is 0 Å². The van der Waals surface area contributed by atoms with Gasteiger partial charge in [0.2, 0.25) is 0 Å². The highest BCUT2D eigenvalue weighted by Crippen LogP contribution is 2.03. The van der Waals surface area contributed by atoms with Crippen LogP contribution in [-0.2, 0) is 16.1 Å². The van der Waals surface area contributed by atoms with E-state index in [4.69, 9.17) is 4.74 Å². The molecule has 6 nitrogen and oxygen atoms in total. The van der Waals surface area contributed by atoms with E-state index in [0.29, 0.717) is 12.8 Å². The van der Waals surface area contributed by atoms with Gasteiger partial charge in [-0.2, -0.15) is 0 Å². The SMILES string of the molecule is [NH3+]CCCC[C@H](NC(=O)OCc1ccccc1)C(=O)[O-]. The van der Waals surface area contributed by atoms with Gasteiger partial charge >= 0.3 is 6.09 Å². The number of nitrogens with one attached hydrogen (secondary N) is 1. The molecule has 0 aliphatic carbocycles. The van der Waals surface area contributed by atoms with Crippen LogP contribution >= 0.6 is 0 Å². The number of ether oxygens (including phenoxy) is 1. The lowest BCUT2D eigenvalue weighted by Crippen LogP contribution is -2.50. The summed E-state index contributed by atoms with van der Waals surface area (Å²) >= 11 is 0. The van der Waals surface area contributed by atoms with Gasteiger partial charge in [0.05, 0.1) is 18.6 Å². The molecular formula is C14H20N2O4. The van der Waals surface area contributed by atoms with E-state index < -0.39 is 18.1 Å². The third-order valence-electron chi connectivity index (χ3n) is 2.78. The normalized spacial score (nSPS) is 11.7. The molecule has 0 saturated carbocycles. The first-order valence-corrected chi connectivity index (χ1v) is 6.61. The summed E-state index contributed by atoms with van der Waals surface area (Å²) in [5, 5.41) is 13.2. The third kappa shape index (κ3) is 6.19.